The average molecular weight is 262 g/mol. The van der Waals surface area contributed by atoms with Gasteiger partial charge < -0.3 is 15.4 Å². The molecule has 19 heavy (non-hydrogen) atoms. The molecule has 2 N–H and O–H groups in total. The Hall–Kier alpha value is -1.39. The summed E-state index contributed by atoms with van der Waals surface area (Å²) in [5.74, 6) is 0.548. The van der Waals surface area contributed by atoms with Crippen molar-refractivity contribution in [2.75, 3.05) is 20.7 Å². The number of nitrogens with zero attached hydrogens (tertiary/aromatic N) is 1. The second-order valence-corrected chi connectivity index (χ2v) is 5.34. The Morgan fingerprint density at radius 2 is 2.05 bits per heavy atom. The van der Waals surface area contributed by atoms with Crippen molar-refractivity contribution in [1.82, 2.24) is 4.90 Å². The zero-order chi connectivity index (χ0) is 13.8. The van der Waals surface area contributed by atoms with Gasteiger partial charge in [-0.25, -0.2) is 0 Å². The number of hydrogen-bond donors (Lipinski definition) is 1. The van der Waals surface area contributed by atoms with Gasteiger partial charge in [0.25, 0.3) is 5.91 Å². The van der Waals surface area contributed by atoms with E-state index in [0.29, 0.717) is 12.0 Å². The predicted octanol–water partition coefficient (Wildman–Crippen LogP) is 1.57. The molecule has 4 nitrogen and oxygen atoms in total. The van der Waals surface area contributed by atoms with Gasteiger partial charge in [0.1, 0.15) is 0 Å². The van der Waals surface area contributed by atoms with E-state index in [-0.39, 0.29) is 5.91 Å². The number of likely N-dealkylation sites (N-methyl/N-ethyl adjacent to an activating group) is 1. The maximum absolute atomic E-state index is 12.4. The summed E-state index contributed by atoms with van der Waals surface area (Å²) in [6.45, 7) is 0.763. The van der Waals surface area contributed by atoms with E-state index >= 15 is 0 Å². The number of benzene rings is 1. The van der Waals surface area contributed by atoms with Gasteiger partial charge >= 0.3 is 0 Å². The van der Waals surface area contributed by atoms with Gasteiger partial charge in [-0.3, -0.25) is 4.79 Å². The molecule has 2 rings (SSSR count). The lowest BCUT2D eigenvalue weighted by molar-refractivity contribution is -0.142. The molecule has 0 bridgehead atoms. The molecular formula is C15H22N2O2. The van der Waals surface area contributed by atoms with Crippen molar-refractivity contribution >= 4 is 5.91 Å². The van der Waals surface area contributed by atoms with Crippen LogP contribution in [0.15, 0.2) is 30.3 Å². The van der Waals surface area contributed by atoms with Gasteiger partial charge in [0.2, 0.25) is 0 Å². The van der Waals surface area contributed by atoms with E-state index in [9.17, 15) is 4.79 Å². The Bertz CT molecular complexity index is 415. The number of carbonyl (C=O) groups is 1. The van der Waals surface area contributed by atoms with Crippen LogP contribution in [0, 0.1) is 5.92 Å². The molecule has 1 fully saturated rings. The summed E-state index contributed by atoms with van der Waals surface area (Å²) in [4.78, 5) is 14.2. The van der Waals surface area contributed by atoms with Crippen LogP contribution in [-0.2, 0) is 9.53 Å². The molecule has 0 aromatic heterocycles. The molecule has 1 aromatic rings. The second-order valence-electron chi connectivity index (χ2n) is 5.34. The first-order chi connectivity index (χ1) is 9.11. The van der Waals surface area contributed by atoms with E-state index in [1.807, 2.05) is 37.4 Å². The van der Waals surface area contributed by atoms with Crippen molar-refractivity contribution in [3.8, 4) is 0 Å². The highest BCUT2D eigenvalue weighted by Crippen LogP contribution is 2.27. The fourth-order valence-corrected chi connectivity index (χ4v) is 2.62. The average Bonchev–Trinajstić information content (AvgIpc) is 2.39. The van der Waals surface area contributed by atoms with Crippen molar-refractivity contribution in [3.63, 3.8) is 0 Å². The second kappa shape index (κ2) is 6.17. The Balaban J connectivity index is 1.96. The molecule has 1 amide bonds. The van der Waals surface area contributed by atoms with Crippen molar-refractivity contribution in [2.45, 2.75) is 25.0 Å². The first-order valence-electron chi connectivity index (χ1n) is 6.70. The minimum Gasteiger partial charge on any atom is -0.367 e. The monoisotopic (exact) mass is 262 g/mol. The van der Waals surface area contributed by atoms with Crippen molar-refractivity contribution in [1.29, 1.82) is 0 Å². The van der Waals surface area contributed by atoms with E-state index in [1.165, 1.54) is 0 Å². The number of rotatable bonds is 5. The third-order valence-electron chi connectivity index (χ3n) is 3.74. The number of amides is 1. The van der Waals surface area contributed by atoms with Crippen LogP contribution in [0.2, 0.25) is 0 Å². The summed E-state index contributed by atoms with van der Waals surface area (Å²) in [5.41, 5.74) is 6.67. The van der Waals surface area contributed by atoms with Crippen LogP contribution in [0.25, 0.3) is 0 Å². The maximum atomic E-state index is 12.4. The van der Waals surface area contributed by atoms with Gasteiger partial charge in [-0.2, -0.15) is 0 Å². The molecule has 0 heterocycles. The van der Waals surface area contributed by atoms with Crippen LogP contribution in [0.3, 0.4) is 0 Å². The number of nitrogens with two attached hydrogens (primary N) is 1. The van der Waals surface area contributed by atoms with E-state index in [2.05, 4.69) is 0 Å². The van der Waals surface area contributed by atoms with Crippen molar-refractivity contribution < 1.29 is 9.53 Å². The molecule has 1 atom stereocenters. The largest absolute Gasteiger partial charge is 0.367 e. The van der Waals surface area contributed by atoms with Gasteiger partial charge in [-0.15, -0.1) is 0 Å². The number of ether oxygens (including phenoxy) is 1. The molecule has 0 spiro atoms. The summed E-state index contributed by atoms with van der Waals surface area (Å²) in [7, 11) is 3.41. The molecular weight excluding hydrogens is 240 g/mol. The van der Waals surface area contributed by atoms with Crippen LogP contribution in [0.5, 0.6) is 0 Å². The van der Waals surface area contributed by atoms with E-state index in [4.69, 9.17) is 10.5 Å². The molecule has 1 unspecified atom stereocenters. The molecule has 1 aromatic carbocycles. The highest BCUT2D eigenvalue weighted by molar-refractivity contribution is 5.82. The number of carbonyl (C=O) groups excluding carboxylic acids is 1. The highest BCUT2D eigenvalue weighted by Gasteiger charge is 2.30. The molecule has 1 saturated carbocycles. The standard InChI is InChI=1S/C15H22N2O2/c1-17(10-11-8-13(16)9-11)15(18)14(19-2)12-6-4-3-5-7-12/h3-7,11,13-14H,8-10,16H2,1-2H3. The molecule has 104 valence electrons. The first kappa shape index (κ1) is 14.0. The lowest BCUT2D eigenvalue weighted by Crippen LogP contribution is -2.44. The predicted molar refractivity (Wildman–Crippen MR) is 74.5 cm³/mol. The molecule has 0 radical (unpaired) electrons. The Morgan fingerprint density at radius 1 is 1.42 bits per heavy atom. The zero-order valence-electron chi connectivity index (χ0n) is 11.6. The fraction of sp³-hybridized carbons (Fsp3) is 0.533. The lowest BCUT2D eigenvalue weighted by atomic mass is 9.80. The van der Waals surface area contributed by atoms with Crippen LogP contribution in [0.4, 0.5) is 0 Å². The van der Waals surface area contributed by atoms with Crippen LogP contribution in [0.1, 0.15) is 24.5 Å². The van der Waals surface area contributed by atoms with E-state index in [0.717, 1.165) is 24.9 Å². The quantitative estimate of drug-likeness (QED) is 0.876. The van der Waals surface area contributed by atoms with E-state index < -0.39 is 6.10 Å². The summed E-state index contributed by atoms with van der Waals surface area (Å²) in [6.07, 6.45) is 1.52. The van der Waals surface area contributed by atoms with Crippen molar-refractivity contribution in [2.24, 2.45) is 11.7 Å². The molecule has 0 aliphatic heterocycles. The van der Waals surface area contributed by atoms with Crippen LogP contribution < -0.4 is 5.73 Å². The summed E-state index contributed by atoms with van der Waals surface area (Å²) in [6, 6.07) is 9.92. The third kappa shape index (κ3) is 3.33. The molecule has 1 aliphatic rings. The SMILES string of the molecule is COC(C(=O)N(C)CC1CC(N)C1)c1ccccc1. The maximum Gasteiger partial charge on any atom is 0.256 e. The molecule has 0 saturated heterocycles. The van der Waals surface area contributed by atoms with E-state index in [1.54, 1.807) is 12.0 Å². The number of hydrogen-bond acceptors (Lipinski definition) is 3. The lowest BCUT2D eigenvalue weighted by Gasteiger charge is -2.36. The topological polar surface area (TPSA) is 55.6 Å². The zero-order valence-corrected chi connectivity index (χ0v) is 11.6. The van der Waals surface area contributed by atoms with Gasteiger partial charge in [0.15, 0.2) is 6.10 Å². The number of methoxy groups -OCH3 is 1. The normalized spacial score (nSPS) is 23.5. The van der Waals surface area contributed by atoms with Gasteiger partial charge in [-0.05, 0) is 24.3 Å². The van der Waals surface area contributed by atoms with Crippen LogP contribution >= 0.6 is 0 Å². The summed E-state index contributed by atoms with van der Waals surface area (Å²) >= 11 is 0. The third-order valence-corrected chi connectivity index (χ3v) is 3.74. The minimum absolute atomic E-state index is 0.00849. The highest BCUT2D eigenvalue weighted by atomic mass is 16.5. The fourth-order valence-electron chi connectivity index (χ4n) is 2.62. The van der Waals surface area contributed by atoms with Crippen LogP contribution in [-0.4, -0.2) is 37.6 Å². The summed E-state index contributed by atoms with van der Waals surface area (Å²) < 4.78 is 5.36. The first-order valence-corrected chi connectivity index (χ1v) is 6.70. The molecule has 4 heteroatoms. The minimum atomic E-state index is -0.514. The smallest absolute Gasteiger partial charge is 0.256 e. The van der Waals surface area contributed by atoms with Crippen molar-refractivity contribution in [3.05, 3.63) is 35.9 Å². The Kier molecular flexibility index (Phi) is 4.56. The molecule has 1 aliphatic carbocycles. The van der Waals surface area contributed by atoms with Gasteiger partial charge in [0.05, 0.1) is 0 Å². The van der Waals surface area contributed by atoms with Gasteiger partial charge in [-0.1, -0.05) is 30.3 Å². The Labute approximate surface area is 114 Å². The van der Waals surface area contributed by atoms with Gasteiger partial charge in [0, 0.05) is 26.7 Å². The summed E-state index contributed by atoms with van der Waals surface area (Å²) in [5, 5.41) is 0. The Morgan fingerprint density at radius 3 is 2.58 bits per heavy atom.